The van der Waals surface area contributed by atoms with E-state index in [1.807, 2.05) is 31.2 Å². The minimum Gasteiger partial charge on any atom is -0.497 e. The second-order valence-corrected chi connectivity index (χ2v) is 6.22. The fourth-order valence-electron chi connectivity index (χ4n) is 2.67. The first-order valence-electron chi connectivity index (χ1n) is 8.81. The van der Waals surface area contributed by atoms with Crippen LogP contribution in [-0.2, 0) is 6.54 Å². The summed E-state index contributed by atoms with van der Waals surface area (Å²) in [7, 11) is 1.56. The lowest BCUT2D eigenvalue weighted by atomic mass is 10.1. The number of rotatable bonds is 6. The Hall–Kier alpha value is -3.67. The van der Waals surface area contributed by atoms with Crippen LogP contribution >= 0.6 is 0 Å². The summed E-state index contributed by atoms with van der Waals surface area (Å²) < 4.78 is 5.15. The molecule has 2 aromatic carbocycles. The highest BCUT2D eigenvalue weighted by Crippen LogP contribution is 2.17. The van der Waals surface area contributed by atoms with Crippen molar-refractivity contribution in [3.63, 3.8) is 0 Å². The second kappa shape index (κ2) is 8.81. The molecular weight excluding hydrogens is 354 g/mol. The number of carbonyl (C=O) groups excluding carboxylic acids is 2. The first kappa shape index (κ1) is 19.1. The Kier molecular flexibility index (Phi) is 6.01. The molecule has 6 heteroatoms. The van der Waals surface area contributed by atoms with Crippen molar-refractivity contribution >= 4 is 17.5 Å². The van der Waals surface area contributed by atoms with E-state index >= 15 is 0 Å². The molecule has 2 amide bonds. The third kappa shape index (κ3) is 4.73. The van der Waals surface area contributed by atoms with E-state index in [-0.39, 0.29) is 17.5 Å². The molecule has 0 bridgehead atoms. The van der Waals surface area contributed by atoms with Crippen LogP contribution in [0.15, 0.2) is 66.9 Å². The number of anilines is 1. The number of benzene rings is 2. The molecule has 0 saturated heterocycles. The summed E-state index contributed by atoms with van der Waals surface area (Å²) in [6.45, 7) is 2.39. The van der Waals surface area contributed by atoms with Gasteiger partial charge in [-0.2, -0.15) is 0 Å². The number of aromatic nitrogens is 1. The standard InChI is InChI=1S/C22H21N3O3/c1-15-6-3-4-7-17(15)14-24-22(27)20-12-16(10-11-23-20)21(26)25-18-8-5-9-19(13-18)28-2/h3-13H,14H2,1-2H3,(H,24,27)(H,25,26). The van der Waals surface area contributed by atoms with Gasteiger partial charge in [0.2, 0.25) is 0 Å². The quantitative estimate of drug-likeness (QED) is 0.690. The lowest BCUT2D eigenvalue weighted by Crippen LogP contribution is -2.24. The van der Waals surface area contributed by atoms with Crippen molar-refractivity contribution in [3.05, 3.63) is 89.2 Å². The Bertz CT molecular complexity index is 1000. The first-order valence-corrected chi connectivity index (χ1v) is 8.81. The highest BCUT2D eigenvalue weighted by Gasteiger charge is 2.12. The van der Waals surface area contributed by atoms with Crippen molar-refractivity contribution in [1.82, 2.24) is 10.3 Å². The van der Waals surface area contributed by atoms with Gasteiger partial charge in [0.15, 0.2) is 0 Å². The maximum Gasteiger partial charge on any atom is 0.270 e. The minimum absolute atomic E-state index is 0.187. The topological polar surface area (TPSA) is 80.3 Å². The molecule has 1 heterocycles. The molecule has 6 nitrogen and oxygen atoms in total. The average molecular weight is 375 g/mol. The van der Waals surface area contributed by atoms with Crippen LogP contribution in [0.4, 0.5) is 5.69 Å². The third-order valence-corrected chi connectivity index (χ3v) is 4.28. The Labute approximate surface area is 163 Å². The number of aryl methyl sites for hydroxylation is 1. The molecule has 0 aliphatic heterocycles. The lowest BCUT2D eigenvalue weighted by Gasteiger charge is -2.09. The van der Waals surface area contributed by atoms with Crippen LogP contribution in [0.5, 0.6) is 5.75 Å². The molecule has 0 aliphatic carbocycles. The zero-order chi connectivity index (χ0) is 19.9. The molecule has 2 N–H and O–H groups in total. The highest BCUT2D eigenvalue weighted by atomic mass is 16.5. The number of carbonyl (C=O) groups is 2. The molecule has 142 valence electrons. The van der Waals surface area contributed by atoms with Crippen molar-refractivity contribution in [2.24, 2.45) is 0 Å². The van der Waals surface area contributed by atoms with Crippen LogP contribution < -0.4 is 15.4 Å². The third-order valence-electron chi connectivity index (χ3n) is 4.28. The fraction of sp³-hybridized carbons (Fsp3) is 0.136. The monoisotopic (exact) mass is 375 g/mol. The van der Waals surface area contributed by atoms with E-state index in [0.29, 0.717) is 23.5 Å². The molecule has 0 saturated carbocycles. The fourth-order valence-corrected chi connectivity index (χ4v) is 2.67. The van der Waals surface area contributed by atoms with Gasteiger partial charge >= 0.3 is 0 Å². The molecule has 0 aliphatic rings. The Morgan fingerprint density at radius 3 is 2.61 bits per heavy atom. The van der Waals surface area contributed by atoms with E-state index in [4.69, 9.17) is 4.74 Å². The predicted molar refractivity (Wildman–Crippen MR) is 108 cm³/mol. The summed E-state index contributed by atoms with van der Waals surface area (Å²) in [5, 5.41) is 5.62. The molecule has 0 atom stereocenters. The number of pyridine rings is 1. The second-order valence-electron chi connectivity index (χ2n) is 6.22. The smallest absolute Gasteiger partial charge is 0.270 e. The van der Waals surface area contributed by atoms with Gasteiger partial charge in [-0.1, -0.05) is 30.3 Å². The number of hydrogen-bond donors (Lipinski definition) is 2. The number of amides is 2. The van der Waals surface area contributed by atoms with Gasteiger partial charge in [-0.15, -0.1) is 0 Å². The van der Waals surface area contributed by atoms with Crippen LogP contribution in [-0.4, -0.2) is 23.9 Å². The SMILES string of the molecule is COc1cccc(NC(=O)c2ccnc(C(=O)NCc3ccccc3C)c2)c1. The van der Waals surface area contributed by atoms with Crippen molar-refractivity contribution in [3.8, 4) is 5.75 Å². The molecule has 1 aromatic heterocycles. The molecule has 3 rings (SSSR count). The molecule has 0 radical (unpaired) electrons. The number of hydrogen-bond acceptors (Lipinski definition) is 4. The first-order chi connectivity index (χ1) is 13.6. The molecule has 0 unspecified atom stereocenters. The molecule has 3 aromatic rings. The van der Waals surface area contributed by atoms with Crippen molar-refractivity contribution in [1.29, 1.82) is 0 Å². The van der Waals surface area contributed by atoms with E-state index in [1.54, 1.807) is 37.4 Å². The van der Waals surface area contributed by atoms with E-state index in [2.05, 4.69) is 15.6 Å². The Balaban J connectivity index is 1.68. The van der Waals surface area contributed by atoms with Gasteiger partial charge in [0, 0.05) is 30.1 Å². The average Bonchev–Trinajstić information content (AvgIpc) is 2.73. The number of nitrogens with zero attached hydrogens (tertiary/aromatic N) is 1. The van der Waals surface area contributed by atoms with Gasteiger partial charge in [0.1, 0.15) is 11.4 Å². The van der Waals surface area contributed by atoms with Gasteiger partial charge < -0.3 is 15.4 Å². The molecule has 28 heavy (non-hydrogen) atoms. The largest absolute Gasteiger partial charge is 0.497 e. The summed E-state index contributed by atoms with van der Waals surface area (Å²) >= 11 is 0. The zero-order valence-electron chi connectivity index (χ0n) is 15.7. The van der Waals surface area contributed by atoms with Gasteiger partial charge in [-0.05, 0) is 42.3 Å². The normalized spacial score (nSPS) is 10.2. The van der Waals surface area contributed by atoms with Crippen LogP contribution in [0, 0.1) is 6.92 Å². The number of ether oxygens (including phenoxy) is 1. The summed E-state index contributed by atoms with van der Waals surface area (Å²) in [5.74, 6) is -0.0216. The van der Waals surface area contributed by atoms with E-state index in [1.165, 1.54) is 12.3 Å². The lowest BCUT2D eigenvalue weighted by molar-refractivity contribution is 0.0946. The van der Waals surface area contributed by atoms with E-state index in [0.717, 1.165) is 11.1 Å². The van der Waals surface area contributed by atoms with Crippen LogP contribution in [0.3, 0.4) is 0 Å². The van der Waals surface area contributed by atoms with E-state index < -0.39 is 0 Å². The minimum atomic E-state index is -0.334. The molecular formula is C22H21N3O3. The van der Waals surface area contributed by atoms with Crippen LogP contribution in [0.25, 0.3) is 0 Å². The molecule has 0 fully saturated rings. The summed E-state index contributed by atoms with van der Waals surface area (Å²) in [4.78, 5) is 29.0. The summed E-state index contributed by atoms with van der Waals surface area (Å²) in [6, 6.07) is 17.9. The van der Waals surface area contributed by atoms with Gasteiger partial charge in [-0.25, -0.2) is 0 Å². The van der Waals surface area contributed by atoms with Gasteiger partial charge in [0.25, 0.3) is 11.8 Å². The Morgan fingerprint density at radius 1 is 1.00 bits per heavy atom. The summed E-state index contributed by atoms with van der Waals surface area (Å²) in [5.41, 5.74) is 3.27. The molecule has 0 spiro atoms. The van der Waals surface area contributed by atoms with Crippen molar-refractivity contribution in [2.75, 3.05) is 12.4 Å². The zero-order valence-corrected chi connectivity index (χ0v) is 15.7. The van der Waals surface area contributed by atoms with Crippen LogP contribution in [0.2, 0.25) is 0 Å². The van der Waals surface area contributed by atoms with Crippen molar-refractivity contribution in [2.45, 2.75) is 13.5 Å². The number of nitrogens with one attached hydrogen (secondary N) is 2. The Morgan fingerprint density at radius 2 is 1.82 bits per heavy atom. The summed E-state index contributed by atoms with van der Waals surface area (Å²) in [6.07, 6.45) is 1.45. The van der Waals surface area contributed by atoms with Gasteiger partial charge in [-0.3, -0.25) is 14.6 Å². The highest BCUT2D eigenvalue weighted by molar-refractivity contribution is 6.05. The van der Waals surface area contributed by atoms with Crippen LogP contribution in [0.1, 0.15) is 32.0 Å². The maximum absolute atomic E-state index is 12.5. The maximum atomic E-state index is 12.5. The van der Waals surface area contributed by atoms with Gasteiger partial charge in [0.05, 0.1) is 7.11 Å². The number of methoxy groups -OCH3 is 1. The van der Waals surface area contributed by atoms with E-state index in [9.17, 15) is 9.59 Å². The predicted octanol–water partition coefficient (Wildman–Crippen LogP) is 3.58. The van der Waals surface area contributed by atoms with Crippen molar-refractivity contribution < 1.29 is 14.3 Å².